The Kier molecular flexibility index (Phi) is 5.19. The maximum Gasteiger partial charge on any atom is 0.412 e. The van der Waals surface area contributed by atoms with Crippen molar-refractivity contribution in [1.82, 2.24) is 4.90 Å². The number of amides is 2. The molecule has 0 spiro atoms. The molecule has 1 aromatic carbocycles. The molecule has 1 heterocycles. The number of carbonyl (C=O) groups is 3. The number of hydrogen-bond donors (Lipinski definition) is 1. The van der Waals surface area contributed by atoms with E-state index in [9.17, 15) is 23.9 Å². The number of anilines is 1. The molecule has 156 valence electrons. The molecule has 8 heteroatoms. The molecular formula is C21H25FN2O5. The number of methoxy groups -OCH3 is 1. The number of halogens is 1. The van der Waals surface area contributed by atoms with Gasteiger partial charge in [-0.05, 0) is 43.4 Å². The summed E-state index contributed by atoms with van der Waals surface area (Å²) < 4.78 is 18.7. The minimum atomic E-state index is -1.10. The molecule has 2 aliphatic carbocycles. The molecule has 29 heavy (non-hydrogen) atoms. The predicted octanol–water partition coefficient (Wildman–Crippen LogP) is 3.48. The van der Waals surface area contributed by atoms with Gasteiger partial charge in [-0.25, -0.2) is 9.18 Å². The fourth-order valence-electron chi connectivity index (χ4n) is 5.02. The molecule has 2 fully saturated rings. The molecular weight excluding hydrogens is 379 g/mol. The lowest BCUT2D eigenvalue weighted by Crippen LogP contribution is -2.52. The van der Waals surface area contributed by atoms with Crippen LogP contribution >= 0.6 is 0 Å². The number of ether oxygens (including phenoxy) is 1. The van der Waals surface area contributed by atoms with Crippen LogP contribution in [0.4, 0.5) is 14.9 Å². The Morgan fingerprint density at radius 1 is 1.21 bits per heavy atom. The third-order valence-corrected chi connectivity index (χ3v) is 6.34. The molecule has 2 amide bonds. The average Bonchev–Trinajstić information content (AvgIpc) is 3.41. The summed E-state index contributed by atoms with van der Waals surface area (Å²) in [4.78, 5) is 39.8. The summed E-state index contributed by atoms with van der Waals surface area (Å²) in [6, 6.07) is 3.71. The number of fused-ring (bicyclic) bond motifs is 2. The van der Waals surface area contributed by atoms with Crippen LogP contribution in [0.25, 0.3) is 0 Å². The van der Waals surface area contributed by atoms with E-state index >= 15 is 0 Å². The van der Waals surface area contributed by atoms with Crippen LogP contribution in [0.1, 0.15) is 56.6 Å². The zero-order chi connectivity index (χ0) is 20.7. The summed E-state index contributed by atoms with van der Waals surface area (Å²) in [5.41, 5.74) is 1.01. The van der Waals surface area contributed by atoms with E-state index in [0.29, 0.717) is 17.7 Å². The third-order valence-electron chi connectivity index (χ3n) is 6.34. The van der Waals surface area contributed by atoms with E-state index in [1.54, 1.807) is 6.07 Å². The maximum atomic E-state index is 14.0. The first kappa shape index (κ1) is 19.7. The Hall–Kier alpha value is -2.64. The lowest BCUT2D eigenvalue weighted by Gasteiger charge is -2.46. The van der Waals surface area contributed by atoms with Crippen LogP contribution in [0.5, 0.6) is 0 Å². The monoisotopic (exact) mass is 404 g/mol. The van der Waals surface area contributed by atoms with Crippen molar-refractivity contribution in [2.45, 2.75) is 63.1 Å². The molecule has 2 saturated carbocycles. The highest BCUT2D eigenvalue weighted by molar-refractivity contribution is 5.90. The van der Waals surface area contributed by atoms with Crippen LogP contribution in [-0.2, 0) is 14.3 Å². The zero-order valence-corrected chi connectivity index (χ0v) is 16.3. The van der Waals surface area contributed by atoms with Crippen LogP contribution in [0, 0.1) is 11.7 Å². The number of carboxylic acid groups (broad SMARTS) is 1. The van der Waals surface area contributed by atoms with Crippen LogP contribution in [-0.4, -0.2) is 47.2 Å². The van der Waals surface area contributed by atoms with Crippen molar-refractivity contribution >= 4 is 23.7 Å². The maximum absolute atomic E-state index is 14.0. The minimum Gasteiger partial charge on any atom is -0.469 e. The molecule has 0 saturated heterocycles. The number of rotatable bonds is 5. The molecule has 1 aromatic rings. The molecule has 3 aliphatic rings. The molecule has 0 radical (unpaired) electrons. The second-order valence-electron chi connectivity index (χ2n) is 8.07. The molecule has 3 atom stereocenters. The normalized spacial score (nSPS) is 25.2. The first-order valence-electron chi connectivity index (χ1n) is 10.1. The van der Waals surface area contributed by atoms with Crippen molar-refractivity contribution in [3.8, 4) is 0 Å². The van der Waals surface area contributed by atoms with Gasteiger partial charge in [-0.2, -0.15) is 0 Å². The van der Waals surface area contributed by atoms with Crippen molar-refractivity contribution in [3.05, 3.63) is 29.6 Å². The molecule has 1 aliphatic heterocycles. The number of carbonyl (C=O) groups excluding carboxylic acids is 2. The fourth-order valence-corrected chi connectivity index (χ4v) is 5.02. The predicted molar refractivity (Wildman–Crippen MR) is 102 cm³/mol. The van der Waals surface area contributed by atoms with Gasteiger partial charge in [0, 0.05) is 24.4 Å². The second-order valence-corrected chi connectivity index (χ2v) is 8.07. The lowest BCUT2D eigenvalue weighted by atomic mass is 9.81. The number of nitrogens with zero attached hydrogens (tertiary/aromatic N) is 2. The molecule has 7 nitrogen and oxygen atoms in total. The standard InChI is InChI=1S/C21H25FN2O5/c1-29-19(26)10-9-18(25)23(13-6-7-13)20-14-3-2-4-16(14)24(21(27)28)17-11-12(22)5-8-15(17)20/h5,8,11,13-14,16,20H,2-4,6-7,9-10H2,1H3,(H,27,28)/t14-,16+,20?/m0/s1. The Balaban J connectivity index is 1.74. The van der Waals surface area contributed by atoms with Gasteiger partial charge in [-0.1, -0.05) is 12.5 Å². The molecule has 0 bridgehead atoms. The fraction of sp³-hybridized carbons (Fsp3) is 0.571. The van der Waals surface area contributed by atoms with Gasteiger partial charge < -0.3 is 14.7 Å². The Morgan fingerprint density at radius 2 is 1.97 bits per heavy atom. The summed E-state index contributed by atoms with van der Waals surface area (Å²) in [6.45, 7) is 0. The second kappa shape index (κ2) is 7.65. The van der Waals surface area contributed by atoms with Crippen molar-refractivity contribution in [3.63, 3.8) is 0 Å². The van der Waals surface area contributed by atoms with Gasteiger partial charge in [0.25, 0.3) is 0 Å². The summed E-state index contributed by atoms with van der Waals surface area (Å²) in [5, 5.41) is 9.82. The lowest BCUT2D eigenvalue weighted by molar-refractivity contribution is -0.145. The van der Waals surface area contributed by atoms with Gasteiger partial charge in [0.2, 0.25) is 5.91 Å². The van der Waals surface area contributed by atoms with Gasteiger partial charge in [0.1, 0.15) is 5.82 Å². The van der Waals surface area contributed by atoms with Gasteiger partial charge in [-0.3, -0.25) is 14.5 Å². The largest absolute Gasteiger partial charge is 0.469 e. The van der Waals surface area contributed by atoms with Gasteiger partial charge >= 0.3 is 12.1 Å². The van der Waals surface area contributed by atoms with Crippen LogP contribution in [0.15, 0.2) is 18.2 Å². The zero-order valence-electron chi connectivity index (χ0n) is 16.3. The smallest absolute Gasteiger partial charge is 0.412 e. The number of benzene rings is 1. The molecule has 4 rings (SSSR count). The van der Waals surface area contributed by atoms with E-state index in [0.717, 1.165) is 25.7 Å². The molecule has 1 unspecified atom stereocenters. The van der Waals surface area contributed by atoms with E-state index in [2.05, 4.69) is 4.74 Å². The summed E-state index contributed by atoms with van der Waals surface area (Å²) in [7, 11) is 1.29. The first-order chi connectivity index (χ1) is 13.9. The van der Waals surface area contributed by atoms with Crippen LogP contribution in [0.3, 0.4) is 0 Å². The van der Waals surface area contributed by atoms with Crippen molar-refractivity contribution in [1.29, 1.82) is 0 Å². The molecule has 1 N–H and O–H groups in total. The highest BCUT2D eigenvalue weighted by atomic mass is 19.1. The van der Waals surface area contributed by atoms with Crippen molar-refractivity contribution in [2.24, 2.45) is 5.92 Å². The van der Waals surface area contributed by atoms with E-state index < -0.39 is 17.9 Å². The van der Waals surface area contributed by atoms with Gasteiger partial charge in [0.05, 0.1) is 25.3 Å². The Morgan fingerprint density at radius 3 is 2.62 bits per heavy atom. The van der Waals surface area contributed by atoms with E-state index in [4.69, 9.17) is 0 Å². The summed E-state index contributed by atoms with van der Waals surface area (Å²) >= 11 is 0. The highest BCUT2D eigenvalue weighted by Crippen LogP contribution is 2.52. The van der Waals surface area contributed by atoms with E-state index in [1.807, 2.05) is 4.90 Å². The number of esters is 1. The highest BCUT2D eigenvalue weighted by Gasteiger charge is 2.51. The Labute approximate surface area is 168 Å². The quantitative estimate of drug-likeness (QED) is 0.760. The third kappa shape index (κ3) is 3.56. The number of hydrogen-bond acceptors (Lipinski definition) is 4. The first-order valence-corrected chi connectivity index (χ1v) is 10.1. The van der Waals surface area contributed by atoms with Gasteiger partial charge in [-0.15, -0.1) is 0 Å². The topological polar surface area (TPSA) is 87.2 Å². The van der Waals surface area contributed by atoms with Crippen LogP contribution < -0.4 is 4.90 Å². The van der Waals surface area contributed by atoms with Crippen molar-refractivity contribution in [2.75, 3.05) is 12.0 Å². The van der Waals surface area contributed by atoms with Crippen molar-refractivity contribution < 1.29 is 28.6 Å². The van der Waals surface area contributed by atoms with E-state index in [-0.39, 0.29) is 42.8 Å². The minimum absolute atomic E-state index is 0.0108. The van der Waals surface area contributed by atoms with Gasteiger partial charge in [0.15, 0.2) is 0 Å². The average molecular weight is 404 g/mol. The Bertz CT molecular complexity index is 840. The van der Waals surface area contributed by atoms with Crippen LogP contribution in [0.2, 0.25) is 0 Å². The summed E-state index contributed by atoms with van der Waals surface area (Å²) in [5.74, 6) is -1.10. The SMILES string of the molecule is COC(=O)CCC(=O)N(C1CC1)C1c2ccc(F)cc2N(C(=O)O)[C@@H]2CCC[C@H]12. The summed E-state index contributed by atoms with van der Waals surface area (Å²) in [6.07, 6.45) is 3.10. The van der Waals surface area contributed by atoms with E-state index in [1.165, 1.54) is 24.1 Å². The molecule has 0 aromatic heterocycles.